The molecule has 0 bridgehead atoms. The summed E-state index contributed by atoms with van der Waals surface area (Å²) < 4.78 is 5.75. The molecule has 3 heteroatoms. The highest BCUT2D eigenvalue weighted by atomic mass is 16.5. The van der Waals surface area contributed by atoms with Crippen LogP contribution in [0.4, 0.5) is 5.69 Å². The van der Waals surface area contributed by atoms with Crippen molar-refractivity contribution in [1.29, 1.82) is 0 Å². The first-order chi connectivity index (χ1) is 14.7. The third-order valence-corrected chi connectivity index (χ3v) is 6.20. The first kappa shape index (κ1) is 20.5. The van der Waals surface area contributed by atoms with Crippen LogP contribution in [0.1, 0.15) is 42.4 Å². The highest BCUT2D eigenvalue weighted by Crippen LogP contribution is 2.35. The minimum absolute atomic E-state index is 0.415. The minimum atomic E-state index is 0.415. The largest absolute Gasteiger partial charge is 0.496 e. The maximum Gasteiger partial charge on any atom is 0.122 e. The molecule has 0 aliphatic carbocycles. The number of hydrogen-bond donors (Lipinski definition) is 1. The van der Waals surface area contributed by atoms with Crippen LogP contribution < -0.4 is 15.0 Å². The lowest BCUT2D eigenvalue weighted by Gasteiger charge is -2.28. The Hall–Kier alpha value is -2.78. The molecule has 0 amide bonds. The zero-order valence-electron chi connectivity index (χ0n) is 18.1. The fourth-order valence-corrected chi connectivity index (χ4v) is 4.48. The Labute approximate surface area is 180 Å². The molecule has 0 spiro atoms. The van der Waals surface area contributed by atoms with Gasteiger partial charge in [0.05, 0.1) is 7.11 Å². The summed E-state index contributed by atoms with van der Waals surface area (Å²) in [5.41, 5.74) is 5.16. The molecule has 2 unspecified atom stereocenters. The average Bonchev–Trinajstić information content (AvgIpc) is 3.34. The molecule has 1 aliphatic rings. The van der Waals surface area contributed by atoms with Gasteiger partial charge in [-0.2, -0.15) is 0 Å². The predicted octanol–water partition coefficient (Wildman–Crippen LogP) is 5.76. The number of nitrogens with one attached hydrogen (secondary N) is 1. The molecule has 1 saturated heterocycles. The number of rotatable bonds is 8. The number of benzene rings is 3. The molecule has 0 radical (unpaired) electrons. The van der Waals surface area contributed by atoms with Gasteiger partial charge in [-0.05, 0) is 48.7 Å². The Morgan fingerprint density at radius 1 is 0.933 bits per heavy atom. The lowest BCUT2D eigenvalue weighted by molar-refractivity contribution is 0.399. The Morgan fingerprint density at radius 2 is 1.57 bits per heavy atom. The van der Waals surface area contributed by atoms with Crippen molar-refractivity contribution >= 4 is 5.69 Å². The second-order valence-corrected chi connectivity index (χ2v) is 8.25. The normalized spacial score (nSPS) is 16.9. The van der Waals surface area contributed by atoms with Gasteiger partial charge >= 0.3 is 0 Å². The van der Waals surface area contributed by atoms with Crippen LogP contribution in [0.2, 0.25) is 0 Å². The smallest absolute Gasteiger partial charge is 0.122 e. The van der Waals surface area contributed by atoms with Crippen LogP contribution in [0.5, 0.6) is 5.75 Å². The molecule has 4 rings (SSSR count). The summed E-state index contributed by atoms with van der Waals surface area (Å²) in [5, 5.41) is 3.67. The van der Waals surface area contributed by atoms with Crippen LogP contribution in [0.3, 0.4) is 0 Å². The van der Waals surface area contributed by atoms with Gasteiger partial charge in [0.1, 0.15) is 5.75 Å². The van der Waals surface area contributed by atoms with E-state index < -0.39 is 0 Å². The van der Waals surface area contributed by atoms with Gasteiger partial charge in [0, 0.05) is 36.3 Å². The van der Waals surface area contributed by atoms with Crippen molar-refractivity contribution in [3.63, 3.8) is 0 Å². The zero-order chi connectivity index (χ0) is 20.8. The van der Waals surface area contributed by atoms with E-state index in [0.29, 0.717) is 12.0 Å². The summed E-state index contributed by atoms with van der Waals surface area (Å²) in [4.78, 5) is 2.46. The summed E-state index contributed by atoms with van der Waals surface area (Å²) in [6.45, 7) is 5.18. The van der Waals surface area contributed by atoms with Gasteiger partial charge in [-0.25, -0.2) is 0 Å². The molecule has 0 saturated carbocycles. The van der Waals surface area contributed by atoms with Gasteiger partial charge in [0.2, 0.25) is 0 Å². The van der Waals surface area contributed by atoms with Crippen LogP contribution in [0, 0.1) is 0 Å². The molecular formula is C27H32N2O. The van der Waals surface area contributed by atoms with Gasteiger partial charge in [-0.1, -0.05) is 67.6 Å². The molecule has 2 atom stereocenters. The molecule has 3 nitrogen and oxygen atoms in total. The average molecular weight is 401 g/mol. The second kappa shape index (κ2) is 9.82. The van der Waals surface area contributed by atoms with Gasteiger partial charge in [-0.3, -0.25) is 0 Å². The third-order valence-electron chi connectivity index (χ3n) is 6.20. The fourth-order valence-electron chi connectivity index (χ4n) is 4.48. The van der Waals surface area contributed by atoms with Crippen LogP contribution in [-0.2, 0) is 13.1 Å². The monoisotopic (exact) mass is 400 g/mol. The standard InChI is InChI=1S/C27H32N2O/c1-21(26-14-9-17-28-26)25-18-24(15-16-27(25)30-2)29(19-22-10-5-3-6-11-22)20-23-12-7-4-8-13-23/h3-8,10-13,15-16,18,21,26,28H,9,14,17,19-20H2,1-2H3. The lowest BCUT2D eigenvalue weighted by Crippen LogP contribution is -2.28. The summed E-state index contributed by atoms with van der Waals surface area (Å²) in [7, 11) is 1.78. The molecular weight excluding hydrogens is 368 g/mol. The van der Waals surface area contributed by atoms with E-state index in [1.165, 1.54) is 35.2 Å². The predicted molar refractivity (Wildman–Crippen MR) is 125 cm³/mol. The Balaban J connectivity index is 1.67. The maximum absolute atomic E-state index is 5.75. The first-order valence-corrected chi connectivity index (χ1v) is 11.0. The van der Waals surface area contributed by atoms with E-state index in [0.717, 1.165) is 25.4 Å². The maximum atomic E-state index is 5.75. The van der Waals surface area contributed by atoms with Gasteiger partial charge in [-0.15, -0.1) is 0 Å². The van der Waals surface area contributed by atoms with E-state index in [4.69, 9.17) is 4.74 Å². The van der Waals surface area contributed by atoms with Crippen molar-refractivity contribution in [1.82, 2.24) is 5.32 Å². The molecule has 3 aromatic carbocycles. The quantitative estimate of drug-likeness (QED) is 0.520. The Morgan fingerprint density at radius 3 is 2.10 bits per heavy atom. The second-order valence-electron chi connectivity index (χ2n) is 8.25. The van der Waals surface area contributed by atoms with Gasteiger partial charge < -0.3 is 15.0 Å². The van der Waals surface area contributed by atoms with Crippen LogP contribution >= 0.6 is 0 Å². The van der Waals surface area contributed by atoms with E-state index in [9.17, 15) is 0 Å². The van der Waals surface area contributed by atoms with Crippen molar-refractivity contribution < 1.29 is 4.74 Å². The Kier molecular flexibility index (Phi) is 6.70. The van der Waals surface area contributed by atoms with Crippen LogP contribution in [0.15, 0.2) is 78.9 Å². The highest BCUT2D eigenvalue weighted by Gasteiger charge is 2.25. The number of nitrogens with zero attached hydrogens (tertiary/aromatic N) is 1. The third kappa shape index (κ3) is 4.85. The highest BCUT2D eigenvalue weighted by molar-refractivity contribution is 5.55. The Bertz CT molecular complexity index is 879. The SMILES string of the molecule is COc1ccc(N(Cc2ccccc2)Cc2ccccc2)cc1C(C)C1CCCN1. The van der Waals surface area contributed by atoms with Crippen molar-refractivity contribution in [3.05, 3.63) is 95.6 Å². The van der Waals surface area contributed by atoms with E-state index in [1.807, 2.05) is 0 Å². The number of anilines is 1. The van der Waals surface area contributed by atoms with Crippen molar-refractivity contribution in [3.8, 4) is 5.75 Å². The molecule has 3 aromatic rings. The zero-order valence-corrected chi connectivity index (χ0v) is 18.1. The van der Waals surface area contributed by atoms with E-state index in [1.54, 1.807) is 7.11 Å². The first-order valence-electron chi connectivity index (χ1n) is 11.0. The molecule has 1 aliphatic heterocycles. The van der Waals surface area contributed by atoms with Crippen LogP contribution in [0.25, 0.3) is 0 Å². The van der Waals surface area contributed by atoms with Crippen molar-refractivity contribution in [2.24, 2.45) is 0 Å². The van der Waals surface area contributed by atoms with E-state index >= 15 is 0 Å². The minimum Gasteiger partial charge on any atom is -0.496 e. The summed E-state index contributed by atoms with van der Waals surface area (Å²) in [6, 6.07) is 28.6. The van der Waals surface area contributed by atoms with Gasteiger partial charge in [0.15, 0.2) is 0 Å². The van der Waals surface area contributed by atoms with Crippen molar-refractivity contribution in [2.75, 3.05) is 18.6 Å². The molecule has 1 fully saturated rings. The summed E-state index contributed by atoms with van der Waals surface area (Å²) in [6.07, 6.45) is 2.48. The molecule has 1 N–H and O–H groups in total. The van der Waals surface area contributed by atoms with E-state index in [2.05, 4.69) is 96.0 Å². The number of methoxy groups -OCH3 is 1. The fraction of sp³-hybridized carbons (Fsp3) is 0.333. The topological polar surface area (TPSA) is 24.5 Å². The van der Waals surface area contributed by atoms with Crippen molar-refractivity contribution in [2.45, 2.75) is 44.8 Å². The number of ether oxygens (including phenoxy) is 1. The summed E-state index contributed by atoms with van der Waals surface area (Å²) in [5.74, 6) is 1.40. The van der Waals surface area contributed by atoms with Crippen LogP contribution in [-0.4, -0.2) is 19.7 Å². The lowest BCUT2D eigenvalue weighted by atomic mass is 9.91. The molecule has 30 heavy (non-hydrogen) atoms. The summed E-state index contributed by atoms with van der Waals surface area (Å²) >= 11 is 0. The molecule has 0 aromatic heterocycles. The number of hydrogen-bond acceptors (Lipinski definition) is 3. The molecule has 1 heterocycles. The van der Waals surface area contributed by atoms with Gasteiger partial charge in [0.25, 0.3) is 0 Å². The molecule has 156 valence electrons. The van der Waals surface area contributed by atoms with E-state index in [-0.39, 0.29) is 0 Å².